The Morgan fingerprint density at radius 3 is 1.95 bits per heavy atom. The zero-order chi connectivity index (χ0) is 43.2. The molecule has 21 nitrogen and oxygen atoms in total. The third kappa shape index (κ3) is 13.7. The van der Waals surface area contributed by atoms with Crippen LogP contribution in [0.3, 0.4) is 0 Å². The molecule has 0 saturated carbocycles. The van der Waals surface area contributed by atoms with Crippen LogP contribution in [0.2, 0.25) is 0 Å². The van der Waals surface area contributed by atoms with Crippen LogP contribution in [0, 0.1) is 0 Å². The molecule has 3 heterocycles. The summed E-state index contributed by atoms with van der Waals surface area (Å²) in [5.74, 6) is -5.13. The molecule has 0 unspecified atom stereocenters. The van der Waals surface area contributed by atoms with E-state index in [2.05, 4.69) is 17.6 Å². The number of carbonyl (C=O) groups is 3. The smallest absolute Gasteiger partial charge is 0.277 e. The maximum atomic E-state index is 12.8. The minimum atomic E-state index is -2.62. The zero-order valence-electron chi connectivity index (χ0n) is 33.3. The number of aliphatic hydroxyl groups excluding tert-OH is 10. The van der Waals surface area contributed by atoms with E-state index in [-0.39, 0.29) is 6.42 Å². The van der Waals surface area contributed by atoms with Gasteiger partial charge in [0.05, 0.1) is 32.0 Å². The average Bonchev–Trinajstić information content (AvgIpc) is 3.19. The molecule has 14 N–H and O–H groups in total. The second-order valence-corrected chi connectivity index (χ2v) is 15.5. The predicted molar refractivity (Wildman–Crippen MR) is 199 cm³/mol. The van der Waals surface area contributed by atoms with Crippen molar-refractivity contribution in [3.8, 4) is 0 Å². The number of nitrogens with one attached hydrogen (secondary N) is 2. The molecule has 0 spiro atoms. The predicted octanol–water partition coefficient (Wildman–Crippen LogP) is -4.00. The van der Waals surface area contributed by atoms with Gasteiger partial charge in [-0.1, -0.05) is 71.1 Å². The number of unbranched alkanes of at least 4 members (excludes halogenated alkanes) is 10. The van der Waals surface area contributed by atoms with E-state index in [1.165, 1.54) is 38.5 Å². The number of nitrogens with two attached hydrogens (primary N) is 1. The fourth-order valence-corrected chi connectivity index (χ4v) is 7.40. The van der Waals surface area contributed by atoms with E-state index in [0.29, 0.717) is 6.42 Å². The summed E-state index contributed by atoms with van der Waals surface area (Å²) in [6.45, 7) is 0.594. The largest absolute Gasteiger partial charge is 0.394 e. The van der Waals surface area contributed by atoms with E-state index in [4.69, 9.17) is 29.4 Å². The van der Waals surface area contributed by atoms with Gasteiger partial charge in [0.15, 0.2) is 12.5 Å². The number of primary amides is 1. The Balaban J connectivity index is 1.60. The minimum absolute atomic E-state index is 0.137. The van der Waals surface area contributed by atoms with Gasteiger partial charge in [-0.25, -0.2) is 0 Å². The number of hydrogen-bond donors (Lipinski definition) is 13. The van der Waals surface area contributed by atoms with Crippen molar-refractivity contribution in [2.75, 3.05) is 19.8 Å². The first-order valence-electron chi connectivity index (χ1n) is 20.3. The monoisotopic (exact) mass is 841 g/mol. The normalized spacial score (nSPS) is 36.5. The first-order valence-corrected chi connectivity index (χ1v) is 20.3. The number of amides is 3. The molecule has 0 aromatic carbocycles. The van der Waals surface area contributed by atoms with Crippen molar-refractivity contribution in [1.29, 1.82) is 0 Å². The van der Waals surface area contributed by atoms with Gasteiger partial charge in [-0.05, 0) is 6.42 Å². The van der Waals surface area contributed by atoms with E-state index in [1.807, 2.05) is 0 Å². The summed E-state index contributed by atoms with van der Waals surface area (Å²) in [5.41, 5.74) is 5.58. The molecule has 3 amide bonds. The summed E-state index contributed by atoms with van der Waals surface area (Å²) >= 11 is 0. The van der Waals surface area contributed by atoms with Crippen molar-refractivity contribution >= 4 is 17.7 Å². The lowest BCUT2D eigenvalue weighted by Crippen LogP contribution is -2.69. The molecule has 3 saturated heterocycles. The molecule has 0 bridgehead atoms. The van der Waals surface area contributed by atoms with E-state index in [0.717, 1.165) is 32.6 Å². The van der Waals surface area contributed by atoms with Gasteiger partial charge in [0, 0.05) is 19.8 Å². The van der Waals surface area contributed by atoms with Gasteiger partial charge in [-0.15, -0.1) is 0 Å². The lowest BCUT2D eigenvalue weighted by molar-refractivity contribution is -0.355. The molecule has 21 heteroatoms. The molecule has 338 valence electrons. The standard InChI is InChI=1S/C37H67N3O18/c1-3-4-5-6-7-8-9-10-11-12-13-14-24(46)40-34-30(51)29(50)32(22(17-42)55-34)57-35-31(52)28(49)27(48)23(56-35)18-54-37(36(38)53)15-20(44)25(39-19(2)43)33(58-37)26(47)21(45)16-41/h20-23,25-35,41-42,44-45,47-52H,3-18H2,1-2H3,(H2,38,53)(H,39,43)(H,40,46)/t20-,21+,22+,23+,25+,26+,27-,28-,29+,30+,31+,32+,33+,34+,35-,37+/m0/s1. The Morgan fingerprint density at radius 2 is 1.40 bits per heavy atom. The van der Waals surface area contributed by atoms with Crippen LogP contribution < -0.4 is 16.4 Å². The highest BCUT2D eigenvalue weighted by Gasteiger charge is 2.56. The van der Waals surface area contributed by atoms with Crippen LogP contribution in [-0.2, 0) is 38.1 Å². The van der Waals surface area contributed by atoms with E-state index in [9.17, 15) is 65.4 Å². The van der Waals surface area contributed by atoms with Crippen molar-refractivity contribution in [1.82, 2.24) is 10.6 Å². The average molecular weight is 842 g/mol. The van der Waals surface area contributed by atoms with Crippen molar-refractivity contribution in [2.24, 2.45) is 5.73 Å². The summed E-state index contributed by atoms with van der Waals surface area (Å²) in [6.07, 6.45) is -13.6. The number of aliphatic hydroxyl groups is 10. The number of ether oxygens (including phenoxy) is 5. The fourth-order valence-electron chi connectivity index (χ4n) is 7.40. The Hall–Kier alpha value is -2.19. The maximum absolute atomic E-state index is 12.8. The number of rotatable bonds is 24. The van der Waals surface area contributed by atoms with Gasteiger partial charge in [0.2, 0.25) is 11.8 Å². The SMILES string of the molecule is CCCCCCCCCCCCCC(=O)N[C@@H]1O[C@H](CO)[C@@H](O[C@@H]2O[C@H](CO[C@]3(C(N)=O)C[C@H](O)[C@@H](NC(C)=O)[C@H]([C@H](O)[C@H](O)CO)O3)[C@H](O)[C@H](O)[C@H]2O)[C@H](O)[C@H]1O. The first-order chi connectivity index (χ1) is 27.5. The summed E-state index contributed by atoms with van der Waals surface area (Å²) in [7, 11) is 0. The van der Waals surface area contributed by atoms with Gasteiger partial charge < -0.3 is 91.1 Å². The molecular weight excluding hydrogens is 774 g/mol. The van der Waals surface area contributed by atoms with Crippen molar-refractivity contribution < 1.29 is 89.1 Å². The third-order valence-electron chi connectivity index (χ3n) is 10.9. The lowest BCUT2D eigenvalue weighted by Gasteiger charge is -2.48. The molecule has 0 aromatic rings. The summed E-state index contributed by atoms with van der Waals surface area (Å²) in [6, 6.07) is -1.43. The number of hydrogen-bond acceptors (Lipinski definition) is 18. The molecular formula is C37H67N3O18. The fraction of sp³-hybridized carbons (Fsp3) is 0.919. The van der Waals surface area contributed by atoms with E-state index in [1.54, 1.807) is 0 Å². The molecule has 58 heavy (non-hydrogen) atoms. The Labute approximate surface area is 337 Å². The first kappa shape index (κ1) is 50.2. The van der Waals surface area contributed by atoms with Crippen LogP contribution in [-0.4, -0.2) is 186 Å². The second-order valence-electron chi connectivity index (χ2n) is 15.5. The highest BCUT2D eigenvalue weighted by molar-refractivity contribution is 5.82. The molecule has 0 radical (unpaired) electrons. The van der Waals surface area contributed by atoms with E-state index >= 15 is 0 Å². The van der Waals surface area contributed by atoms with Crippen LogP contribution in [0.4, 0.5) is 0 Å². The Bertz CT molecular complexity index is 1250. The molecule has 0 aliphatic carbocycles. The Kier molecular flexibility index (Phi) is 21.0. The Morgan fingerprint density at radius 1 is 0.793 bits per heavy atom. The molecule has 0 aromatic heterocycles. The third-order valence-corrected chi connectivity index (χ3v) is 10.9. The van der Waals surface area contributed by atoms with Gasteiger partial charge in [-0.2, -0.15) is 0 Å². The van der Waals surface area contributed by atoms with E-state index < -0.39 is 142 Å². The van der Waals surface area contributed by atoms with Crippen molar-refractivity contribution in [2.45, 2.75) is 195 Å². The van der Waals surface area contributed by atoms with Crippen LogP contribution in [0.1, 0.15) is 97.3 Å². The van der Waals surface area contributed by atoms with Gasteiger partial charge in [0.25, 0.3) is 11.7 Å². The quantitative estimate of drug-likeness (QED) is 0.0412. The van der Waals surface area contributed by atoms with Crippen molar-refractivity contribution in [3.63, 3.8) is 0 Å². The molecule has 3 rings (SSSR count). The number of carbonyl (C=O) groups excluding carboxylic acids is 3. The lowest BCUT2D eigenvalue weighted by atomic mass is 9.88. The molecule has 3 aliphatic heterocycles. The topological polar surface area (TPSA) is 350 Å². The van der Waals surface area contributed by atoms with Crippen LogP contribution in [0.15, 0.2) is 0 Å². The molecule has 16 atom stereocenters. The van der Waals surface area contributed by atoms with Crippen LogP contribution in [0.25, 0.3) is 0 Å². The summed E-state index contributed by atoms with van der Waals surface area (Å²) in [4.78, 5) is 37.3. The van der Waals surface area contributed by atoms with Crippen LogP contribution in [0.5, 0.6) is 0 Å². The minimum Gasteiger partial charge on any atom is -0.394 e. The van der Waals surface area contributed by atoms with Gasteiger partial charge >= 0.3 is 0 Å². The van der Waals surface area contributed by atoms with Gasteiger partial charge in [0.1, 0.15) is 67.1 Å². The summed E-state index contributed by atoms with van der Waals surface area (Å²) < 4.78 is 28.3. The molecule has 3 aliphatic rings. The molecule has 3 fully saturated rings. The van der Waals surface area contributed by atoms with Crippen molar-refractivity contribution in [3.05, 3.63) is 0 Å². The highest BCUT2D eigenvalue weighted by Crippen LogP contribution is 2.35. The van der Waals surface area contributed by atoms with Crippen LogP contribution >= 0.6 is 0 Å². The second kappa shape index (κ2) is 24.3. The zero-order valence-corrected chi connectivity index (χ0v) is 33.3. The van der Waals surface area contributed by atoms with Gasteiger partial charge in [-0.3, -0.25) is 14.4 Å². The highest BCUT2D eigenvalue weighted by atomic mass is 16.7. The maximum Gasteiger partial charge on any atom is 0.277 e. The summed E-state index contributed by atoms with van der Waals surface area (Å²) in [5, 5.41) is 110.